The van der Waals surface area contributed by atoms with Crippen LogP contribution >= 0.6 is 11.6 Å². The van der Waals surface area contributed by atoms with E-state index >= 15 is 0 Å². The SMILES string of the molecule is O=C(NC1CCC(C(=O)O)CC1)NC1CCOC1c1ccc(Cl)c(F)c1. The Bertz CT molecular complexity index is 679. The Morgan fingerprint density at radius 1 is 1.15 bits per heavy atom. The standard InChI is InChI=1S/C18H22ClFN2O4/c19-13-6-3-11(9-14(13)20)16-15(7-8-26-16)22-18(25)21-12-4-1-10(2-5-12)17(23)24/h3,6,9-10,12,15-16H,1-2,4-5,7-8H2,(H,23,24)(H2,21,22,25). The van der Waals surface area contributed by atoms with E-state index in [0.717, 1.165) is 0 Å². The lowest BCUT2D eigenvalue weighted by Gasteiger charge is -2.28. The first-order valence-electron chi connectivity index (χ1n) is 8.80. The van der Waals surface area contributed by atoms with E-state index in [1.54, 1.807) is 6.07 Å². The van der Waals surface area contributed by atoms with Crippen molar-refractivity contribution in [2.75, 3.05) is 6.61 Å². The van der Waals surface area contributed by atoms with E-state index in [4.69, 9.17) is 21.4 Å². The summed E-state index contributed by atoms with van der Waals surface area (Å²) in [6.07, 6.45) is 2.65. The van der Waals surface area contributed by atoms with Crippen molar-refractivity contribution >= 4 is 23.6 Å². The first-order valence-corrected chi connectivity index (χ1v) is 9.18. The molecule has 1 aliphatic carbocycles. The Morgan fingerprint density at radius 3 is 2.54 bits per heavy atom. The van der Waals surface area contributed by atoms with Crippen molar-refractivity contribution in [3.05, 3.63) is 34.6 Å². The number of hydrogen-bond acceptors (Lipinski definition) is 3. The minimum Gasteiger partial charge on any atom is -0.481 e. The predicted molar refractivity (Wildman–Crippen MR) is 93.6 cm³/mol. The number of aliphatic carboxylic acids is 1. The molecule has 1 aromatic rings. The number of carbonyl (C=O) groups is 2. The van der Waals surface area contributed by atoms with Crippen molar-refractivity contribution < 1.29 is 23.8 Å². The number of benzene rings is 1. The van der Waals surface area contributed by atoms with Gasteiger partial charge in [-0.05, 0) is 49.8 Å². The molecular weight excluding hydrogens is 363 g/mol. The van der Waals surface area contributed by atoms with E-state index in [9.17, 15) is 14.0 Å². The van der Waals surface area contributed by atoms with Crippen LogP contribution in [-0.2, 0) is 9.53 Å². The van der Waals surface area contributed by atoms with Crippen LogP contribution in [0, 0.1) is 11.7 Å². The second-order valence-corrected chi connectivity index (χ2v) is 7.27. The zero-order valence-electron chi connectivity index (χ0n) is 14.2. The molecule has 1 saturated heterocycles. The number of carbonyl (C=O) groups excluding carboxylic acids is 1. The maximum Gasteiger partial charge on any atom is 0.315 e. The number of carboxylic acids is 1. The van der Waals surface area contributed by atoms with Gasteiger partial charge < -0.3 is 20.5 Å². The summed E-state index contributed by atoms with van der Waals surface area (Å²) in [6, 6.07) is 3.91. The minimum absolute atomic E-state index is 0.0284. The molecule has 0 bridgehead atoms. The summed E-state index contributed by atoms with van der Waals surface area (Å²) in [7, 11) is 0. The third kappa shape index (κ3) is 4.45. The predicted octanol–water partition coefficient (Wildman–Crippen LogP) is 3.25. The van der Waals surface area contributed by atoms with Crippen molar-refractivity contribution in [3.63, 3.8) is 0 Å². The van der Waals surface area contributed by atoms with E-state index in [-0.39, 0.29) is 29.1 Å². The highest BCUT2D eigenvalue weighted by Crippen LogP contribution is 2.31. The average Bonchev–Trinajstić information content (AvgIpc) is 3.05. The summed E-state index contributed by atoms with van der Waals surface area (Å²) in [5, 5.41) is 14.9. The van der Waals surface area contributed by atoms with Gasteiger partial charge in [-0.15, -0.1) is 0 Å². The second kappa shape index (κ2) is 8.22. The normalized spacial score (nSPS) is 28.5. The topological polar surface area (TPSA) is 87.7 Å². The van der Waals surface area contributed by atoms with Crippen LogP contribution in [0.2, 0.25) is 5.02 Å². The third-order valence-corrected chi connectivity index (χ3v) is 5.40. The van der Waals surface area contributed by atoms with Crippen LogP contribution < -0.4 is 10.6 Å². The molecule has 0 aromatic heterocycles. The van der Waals surface area contributed by atoms with Crippen LogP contribution in [-0.4, -0.2) is 35.8 Å². The van der Waals surface area contributed by atoms with Crippen LogP contribution in [0.1, 0.15) is 43.8 Å². The van der Waals surface area contributed by atoms with Gasteiger partial charge in [-0.25, -0.2) is 9.18 Å². The molecule has 2 atom stereocenters. The molecule has 1 heterocycles. The number of carboxylic acid groups (broad SMARTS) is 1. The molecule has 2 fully saturated rings. The first kappa shape index (κ1) is 18.9. The molecule has 3 N–H and O–H groups in total. The first-order chi connectivity index (χ1) is 12.4. The maximum absolute atomic E-state index is 13.7. The van der Waals surface area contributed by atoms with E-state index in [2.05, 4.69) is 10.6 Å². The van der Waals surface area contributed by atoms with Gasteiger partial charge in [-0.1, -0.05) is 17.7 Å². The van der Waals surface area contributed by atoms with Gasteiger partial charge in [0.15, 0.2) is 0 Å². The second-order valence-electron chi connectivity index (χ2n) is 6.86. The van der Waals surface area contributed by atoms with Gasteiger partial charge in [0.25, 0.3) is 0 Å². The van der Waals surface area contributed by atoms with Crippen molar-refractivity contribution in [2.24, 2.45) is 5.92 Å². The Labute approximate surface area is 156 Å². The zero-order valence-corrected chi connectivity index (χ0v) is 15.0. The summed E-state index contributed by atoms with van der Waals surface area (Å²) in [4.78, 5) is 23.3. The van der Waals surface area contributed by atoms with Gasteiger partial charge in [0.1, 0.15) is 11.9 Å². The highest BCUT2D eigenvalue weighted by Gasteiger charge is 2.32. The quantitative estimate of drug-likeness (QED) is 0.743. The van der Waals surface area contributed by atoms with Crippen molar-refractivity contribution in [3.8, 4) is 0 Å². The Hall–Kier alpha value is -1.86. The molecule has 0 radical (unpaired) electrons. The molecule has 2 amide bonds. The molecule has 1 aromatic carbocycles. The molecule has 2 aliphatic rings. The summed E-state index contributed by atoms with van der Waals surface area (Å²) in [6.45, 7) is 0.476. The van der Waals surface area contributed by atoms with E-state index in [1.165, 1.54) is 12.1 Å². The average molecular weight is 385 g/mol. The largest absolute Gasteiger partial charge is 0.481 e. The number of nitrogens with one attached hydrogen (secondary N) is 2. The van der Waals surface area contributed by atoms with Gasteiger partial charge in [-0.3, -0.25) is 4.79 Å². The van der Waals surface area contributed by atoms with Crippen molar-refractivity contribution in [1.29, 1.82) is 0 Å². The number of hydrogen-bond donors (Lipinski definition) is 3. The molecular formula is C18H22ClFN2O4. The van der Waals surface area contributed by atoms with Crippen LogP contribution in [0.3, 0.4) is 0 Å². The third-order valence-electron chi connectivity index (χ3n) is 5.09. The molecule has 6 nitrogen and oxygen atoms in total. The fraction of sp³-hybridized carbons (Fsp3) is 0.556. The number of urea groups is 1. The van der Waals surface area contributed by atoms with Gasteiger partial charge >= 0.3 is 12.0 Å². The van der Waals surface area contributed by atoms with Crippen molar-refractivity contribution in [2.45, 2.75) is 50.3 Å². The summed E-state index contributed by atoms with van der Waals surface area (Å²) in [5.41, 5.74) is 0.636. The Morgan fingerprint density at radius 2 is 1.88 bits per heavy atom. The lowest BCUT2D eigenvalue weighted by Crippen LogP contribution is -2.48. The summed E-state index contributed by atoms with van der Waals surface area (Å²) >= 11 is 5.71. The molecule has 1 saturated carbocycles. The van der Waals surface area contributed by atoms with E-state index in [1.807, 2.05) is 0 Å². The minimum atomic E-state index is -0.769. The molecule has 0 spiro atoms. The Balaban J connectivity index is 1.53. The molecule has 1 aliphatic heterocycles. The monoisotopic (exact) mass is 384 g/mol. The molecule has 3 rings (SSSR count). The number of ether oxygens (including phenoxy) is 1. The Kier molecular flexibility index (Phi) is 5.98. The molecule has 2 unspecified atom stereocenters. The van der Waals surface area contributed by atoms with Crippen LogP contribution in [0.5, 0.6) is 0 Å². The molecule has 142 valence electrons. The number of amides is 2. The van der Waals surface area contributed by atoms with Crippen LogP contribution in [0.15, 0.2) is 18.2 Å². The number of rotatable bonds is 4. The number of halogens is 2. The lowest BCUT2D eigenvalue weighted by molar-refractivity contribution is -0.142. The smallest absolute Gasteiger partial charge is 0.315 e. The van der Waals surface area contributed by atoms with E-state index < -0.39 is 17.9 Å². The van der Waals surface area contributed by atoms with Crippen LogP contribution in [0.4, 0.5) is 9.18 Å². The van der Waals surface area contributed by atoms with Gasteiger partial charge in [0, 0.05) is 12.6 Å². The fourth-order valence-corrected chi connectivity index (χ4v) is 3.75. The highest BCUT2D eigenvalue weighted by molar-refractivity contribution is 6.30. The van der Waals surface area contributed by atoms with Gasteiger partial charge in [0.2, 0.25) is 0 Å². The van der Waals surface area contributed by atoms with Gasteiger partial charge in [0.05, 0.1) is 17.0 Å². The maximum atomic E-state index is 13.7. The van der Waals surface area contributed by atoms with E-state index in [0.29, 0.717) is 44.3 Å². The zero-order chi connectivity index (χ0) is 18.7. The summed E-state index contributed by atoms with van der Waals surface area (Å²) < 4.78 is 19.4. The molecule has 26 heavy (non-hydrogen) atoms. The van der Waals surface area contributed by atoms with Crippen LogP contribution in [0.25, 0.3) is 0 Å². The fourth-order valence-electron chi connectivity index (χ4n) is 3.64. The van der Waals surface area contributed by atoms with Gasteiger partial charge in [-0.2, -0.15) is 0 Å². The van der Waals surface area contributed by atoms with Crippen molar-refractivity contribution in [1.82, 2.24) is 10.6 Å². The summed E-state index contributed by atoms with van der Waals surface area (Å²) in [5.74, 6) is -1.60. The highest BCUT2D eigenvalue weighted by atomic mass is 35.5. The lowest BCUT2D eigenvalue weighted by atomic mass is 9.86. The molecule has 8 heteroatoms.